The zero-order valence-corrected chi connectivity index (χ0v) is 16.8. The number of pyridine rings is 1. The van der Waals surface area contributed by atoms with Gasteiger partial charge in [-0.2, -0.15) is 0 Å². The maximum absolute atomic E-state index is 13.3. The highest BCUT2D eigenvalue weighted by molar-refractivity contribution is 5.99. The van der Waals surface area contributed by atoms with E-state index in [2.05, 4.69) is 23.7 Å². The van der Waals surface area contributed by atoms with Gasteiger partial charge in [-0.1, -0.05) is 26.0 Å². The summed E-state index contributed by atoms with van der Waals surface area (Å²) in [5, 5.41) is 0.503. The van der Waals surface area contributed by atoms with Crippen LogP contribution in [0.25, 0.3) is 11.0 Å². The summed E-state index contributed by atoms with van der Waals surface area (Å²) in [5.74, 6) is -0.0532. The van der Waals surface area contributed by atoms with Gasteiger partial charge in [0, 0.05) is 18.9 Å². The van der Waals surface area contributed by atoms with Crippen LogP contribution in [0.2, 0.25) is 0 Å². The van der Waals surface area contributed by atoms with E-state index in [0.717, 1.165) is 31.6 Å². The molecule has 4 rings (SSSR count). The van der Waals surface area contributed by atoms with E-state index < -0.39 is 6.04 Å². The van der Waals surface area contributed by atoms with Crippen molar-refractivity contribution in [2.75, 3.05) is 26.2 Å². The highest BCUT2D eigenvalue weighted by atomic mass is 16.3. The van der Waals surface area contributed by atoms with Crippen molar-refractivity contribution in [2.24, 2.45) is 0 Å². The lowest BCUT2D eigenvalue weighted by molar-refractivity contribution is 0.0720. The molecule has 0 aliphatic carbocycles. The fourth-order valence-corrected chi connectivity index (χ4v) is 4.09. The summed E-state index contributed by atoms with van der Waals surface area (Å²) in [6.45, 7) is 7.68. The number of carbonyl (C=O) groups is 1. The minimum Gasteiger partial charge on any atom is -0.450 e. The van der Waals surface area contributed by atoms with Crippen LogP contribution in [0.1, 0.15) is 48.0 Å². The zero-order valence-electron chi connectivity index (χ0n) is 16.8. The molecule has 0 spiro atoms. The lowest BCUT2D eigenvalue weighted by Gasteiger charge is -2.26. The molecule has 0 radical (unpaired) electrons. The molecule has 0 saturated heterocycles. The van der Waals surface area contributed by atoms with E-state index in [-0.39, 0.29) is 17.1 Å². The van der Waals surface area contributed by atoms with E-state index >= 15 is 0 Å². The second kappa shape index (κ2) is 8.17. The number of rotatable bonds is 7. The van der Waals surface area contributed by atoms with Crippen molar-refractivity contribution in [3.8, 4) is 0 Å². The van der Waals surface area contributed by atoms with Crippen molar-refractivity contribution < 1.29 is 9.21 Å². The molecule has 6 heteroatoms. The van der Waals surface area contributed by atoms with Crippen LogP contribution in [-0.4, -0.2) is 46.9 Å². The van der Waals surface area contributed by atoms with Gasteiger partial charge in [-0.3, -0.25) is 14.6 Å². The van der Waals surface area contributed by atoms with E-state index in [1.54, 1.807) is 35.5 Å². The highest BCUT2D eigenvalue weighted by Crippen LogP contribution is 2.37. The van der Waals surface area contributed by atoms with Gasteiger partial charge in [-0.05, 0) is 55.9 Å². The van der Waals surface area contributed by atoms with Crippen LogP contribution >= 0.6 is 0 Å². The fourth-order valence-electron chi connectivity index (χ4n) is 4.09. The number of fused-ring (bicyclic) bond motifs is 2. The Morgan fingerprint density at radius 3 is 2.52 bits per heavy atom. The summed E-state index contributed by atoms with van der Waals surface area (Å²) >= 11 is 0. The van der Waals surface area contributed by atoms with Crippen LogP contribution in [-0.2, 0) is 0 Å². The SMILES string of the molecule is CCN(CC)CCCN1C(=O)c2oc3ccccc3c(=O)c2C1c1ccncc1. The molecule has 3 aromatic rings. The Morgan fingerprint density at radius 1 is 1.07 bits per heavy atom. The van der Waals surface area contributed by atoms with E-state index in [9.17, 15) is 9.59 Å². The average molecular weight is 391 g/mol. The predicted molar refractivity (Wildman–Crippen MR) is 112 cm³/mol. The van der Waals surface area contributed by atoms with Crippen LogP contribution in [0.3, 0.4) is 0 Å². The summed E-state index contributed by atoms with van der Waals surface area (Å²) in [7, 11) is 0. The highest BCUT2D eigenvalue weighted by Gasteiger charge is 2.42. The summed E-state index contributed by atoms with van der Waals surface area (Å²) in [4.78, 5) is 34.7. The molecular weight excluding hydrogens is 366 g/mol. The number of nitrogens with zero attached hydrogens (tertiary/aromatic N) is 3. The smallest absolute Gasteiger partial charge is 0.290 e. The van der Waals surface area contributed by atoms with Crippen LogP contribution in [0.4, 0.5) is 0 Å². The first-order valence-corrected chi connectivity index (χ1v) is 10.1. The van der Waals surface area contributed by atoms with E-state index in [1.165, 1.54) is 0 Å². The van der Waals surface area contributed by atoms with Crippen LogP contribution in [0.5, 0.6) is 0 Å². The van der Waals surface area contributed by atoms with E-state index in [0.29, 0.717) is 23.1 Å². The second-order valence-corrected chi connectivity index (χ2v) is 7.23. The Balaban J connectivity index is 1.77. The minimum absolute atomic E-state index is 0.136. The summed E-state index contributed by atoms with van der Waals surface area (Å²) in [6.07, 6.45) is 4.21. The third-order valence-corrected chi connectivity index (χ3v) is 5.66. The molecule has 1 atom stereocenters. The van der Waals surface area contributed by atoms with Gasteiger partial charge in [0.05, 0.1) is 17.0 Å². The number of aromatic nitrogens is 1. The van der Waals surface area contributed by atoms with Crippen molar-refractivity contribution in [1.29, 1.82) is 0 Å². The first kappa shape index (κ1) is 19.3. The third-order valence-electron chi connectivity index (χ3n) is 5.66. The van der Waals surface area contributed by atoms with Crippen molar-refractivity contribution in [1.82, 2.24) is 14.8 Å². The van der Waals surface area contributed by atoms with Gasteiger partial charge in [-0.25, -0.2) is 0 Å². The predicted octanol–water partition coefficient (Wildman–Crippen LogP) is 3.47. The summed E-state index contributed by atoms with van der Waals surface area (Å²) < 4.78 is 5.93. The molecule has 6 nitrogen and oxygen atoms in total. The van der Waals surface area contributed by atoms with Gasteiger partial charge < -0.3 is 14.2 Å². The number of carbonyl (C=O) groups excluding carboxylic acids is 1. The molecule has 0 fully saturated rings. The standard InChI is InChI=1S/C23H25N3O3/c1-3-25(4-2)14-7-15-26-20(16-10-12-24-13-11-16)19-21(27)17-8-5-6-9-18(17)29-22(19)23(26)28/h5-6,8-13,20H,3-4,7,14-15H2,1-2H3. The molecule has 0 N–H and O–H groups in total. The Morgan fingerprint density at radius 2 is 1.79 bits per heavy atom. The van der Waals surface area contributed by atoms with Crippen molar-refractivity contribution >= 4 is 16.9 Å². The molecule has 0 saturated carbocycles. The van der Waals surface area contributed by atoms with Gasteiger partial charge in [0.15, 0.2) is 5.43 Å². The van der Waals surface area contributed by atoms with Gasteiger partial charge in [0.1, 0.15) is 5.58 Å². The quantitative estimate of drug-likeness (QED) is 0.617. The molecule has 1 aliphatic rings. The molecule has 1 amide bonds. The van der Waals surface area contributed by atoms with E-state index in [1.807, 2.05) is 18.2 Å². The van der Waals surface area contributed by atoms with Crippen LogP contribution in [0.15, 0.2) is 58.0 Å². The topological polar surface area (TPSA) is 66.7 Å². The third kappa shape index (κ3) is 3.44. The molecular formula is C23H25N3O3. The number of benzene rings is 1. The van der Waals surface area contributed by atoms with Crippen molar-refractivity contribution in [2.45, 2.75) is 26.3 Å². The molecule has 0 bridgehead atoms. The lowest BCUT2D eigenvalue weighted by Crippen LogP contribution is -2.33. The number of hydrogen-bond donors (Lipinski definition) is 0. The van der Waals surface area contributed by atoms with Crippen LogP contribution < -0.4 is 5.43 Å². The summed E-state index contributed by atoms with van der Waals surface area (Å²) in [5.41, 5.74) is 1.62. The van der Waals surface area contributed by atoms with E-state index in [4.69, 9.17) is 4.42 Å². The molecule has 29 heavy (non-hydrogen) atoms. The molecule has 150 valence electrons. The van der Waals surface area contributed by atoms with Crippen LogP contribution in [0, 0.1) is 0 Å². The Kier molecular flexibility index (Phi) is 5.45. The molecule has 1 unspecified atom stereocenters. The Hall–Kier alpha value is -2.99. The zero-order chi connectivity index (χ0) is 20.4. The number of para-hydroxylation sites is 1. The van der Waals surface area contributed by atoms with Gasteiger partial charge in [0.25, 0.3) is 5.91 Å². The minimum atomic E-state index is -0.446. The first-order valence-electron chi connectivity index (χ1n) is 10.1. The van der Waals surface area contributed by atoms with Crippen molar-refractivity contribution in [3.63, 3.8) is 0 Å². The fraction of sp³-hybridized carbons (Fsp3) is 0.348. The number of hydrogen-bond acceptors (Lipinski definition) is 5. The van der Waals surface area contributed by atoms with Gasteiger partial charge in [0.2, 0.25) is 5.76 Å². The monoisotopic (exact) mass is 391 g/mol. The van der Waals surface area contributed by atoms with Gasteiger partial charge in [-0.15, -0.1) is 0 Å². The lowest BCUT2D eigenvalue weighted by atomic mass is 9.99. The Labute approximate surface area is 169 Å². The normalized spacial score (nSPS) is 16.0. The molecule has 1 aliphatic heterocycles. The molecule has 2 aromatic heterocycles. The summed E-state index contributed by atoms with van der Waals surface area (Å²) in [6, 6.07) is 10.4. The Bertz CT molecular complexity index is 1070. The number of amides is 1. The molecule has 3 heterocycles. The maximum Gasteiger partial charge on any atom is 0.290 e. The largest absolute Gasteiger partial charge is 0.450 e. The average Bonchev–Trinajstić information content (AvgIpc) is 3.04. The molecule has 1 aromatic carbocycles. The van der Waals surface area contributed by atoms with Gasteiger partial charge >= 0.3 is 0 Å². The second-order valence-electron chi connectivity index (χ2n) is 7.23. The van der Waals surface area contributed by atoms with Crippen molar-refractivity contribution in [3.05, 3.63) is 75.9 Å². The first-order chi connectivity index (χ1) is 14.2. The maximum atomic E-state index is 13.3.